The Hall–Kier alpha value is -2.09. The number of rotatable bonds is 0. The summed E-state index contributed by atoms with van der Waals surface area (Å²) in [5, 5.41) is 0. The molecule has 0 bridgehead atoms. The number of ether oxygens (including phenoxy) is 2. The van der Waals surface area contributed by atoms with Crippen LogP contribution in [0.2, 0.25) is 0 Å². The summed E-state index contributed by atoms with van der Waals surface area (Å²) in [6.07, 6.45) is 0. The summed E-state index contributed by atoms with van der Waals surface area (Å²) in [4.78, 5) is 0. The van der Waals surface area contributed by atoms with E-state index in [0.717, 1.165) is 28.5 Å². The molecule has 0 N–H and O–H groups in total. The molecule has 3 rings (SSSR count). The first-order chi connectivity index (χ1) is 8.36. The third-order valence-corrected chi connectivity index (χ3v) is 2.85. The molecule has 0 aromatic heterocycles. The van der Waals surface area contributed by atoms with Gasteiger partial charge in [-0.05, 0) is 24.3 Å². The van der Waals surface area contributed by atoms with E-state index in [1.165, 1.54) is 0 Å². The van der Waals surface area contributed by atoms with Gasteiger partial charge in [-0.1, -0.05) is 0 Å². The molecular formula is C15H12O2. The molecule has 0 spiro atoms. The maximum Gasteiger partial charge on any atom is 0.248 e. The molecule has 2 nitrogen and oxygen atoms in total. The Morgan fingerprint density at radius 3 is 1.82 bits per heavy atom. The van der Waals surface area contributed by atoms with E-state index in [1.54, 1.807) is 0 Å². The lowest BCUT2D eigenvalue weighted by atomic mass is 9.91. The zero-order valence-corrected chi connectivity index (χ0v) is 9.35. The lowest BCUT2D eigenvalue weighted by Crippen LogP contribution is -2.14. The average molecular weight is 224 g/mol. The van der Waals surface area contributed by atoms with Crippen LogP contribution in [0, 0.1) is 12.8 Å². The summed E-state index contributed by atoms with van der Waals surface area (Å²) < 4.78 is 11.1. The van der Waals surface area contributed by atoms with Crippen LogP contribution in [0.4, 0.5) is 0 Å². The minimum absolute atomic E-state index is 0.224. The number of benzene rings is 2. The van der Waals surface area contributed by atoms with Gasteiger partial charge >= 0.3 is 0 Å². The highest BCUT2D eigenvalue weighted by Gasteiger charge is 2.21. The van der Waals surface area contributed by atoms with Gasteiger partial charge in [-0.2, -0.15) is 0 Å². The molecule has 2 aromatic carbocycles. The SMILES string of the molecule is [CH2-][C+]1c2ccccc2OCOc2ccccc21. The standard InChI is InChI=1S/C15H12O2/c1-11-12-6-2-4-8-14(12)16-10-17-15-9-5-3-7-13(11)15/h2-9H,1,10H2. The maximum atomic E-state index is 5.57. The van der Waals surface area contributed by atoms with Gasteiger partial charge < -0.3 is 9.47 Å². The highest BCUT2D eigenvalue weighted by atomic mass is 16.7. The Kier molecular flexibility index (Phi) is 2.41. The first-order valence-corrected chi connectivity index (χ1v) is 5.49. The zero-order valence-electron chi connectivity index (χ0n) is 9.35. The van der Waals surface area contributed by atoms with Crippen LogP contribution in [0.5, 0.6) is 11.5 Å². The van der Waals surface area contributed by atoms with Gasteiger partial charge in [0.1, 0.15) is 0 Å². The quantitative estimate of drug-likeness (QED) is 0.640. The molecule has 0 fully saturated rings. The van der Waals surface area contributed by atoms with Crippen LogP contribution < -0.4 is 9.47 Å². The fourth-order valence-corrected chi connectivity index (χ4v) is 1.99. The van der Waals surface area contributed by atoms with Gasteiger partial charge in [0.15, 0.2) is 11.5 Å². The number of para-hydroxylation sites is 2. The normalized spacial score (nSPS) is 13.6. The van der Waals surface area contributed by atoms with Gasteiger partial charge in [0.05, 0.1) is 11.1 Å². The Balaban J connectivity index is 2.15. The van der Waals surface area contributed by atoms with E-state index in [4.69, 9.17) is 9.47 Å². The molecule has 84 valence electrons. The smallest absolute Gasteiger partial charge is 0.248 e. The van der Waals surface area contributed by atoms with Crippen molar-refractivity contribution in [2.75, 3.05) is 6.79 Å². The molecule has 0 unspecified atom stereocenters. The molecule has 1 aliphatic rings. The highest BCUT2D eigenvalue weighted by Crippen LogP contribution is 2.36. The third-order valence-electron chi connectivity index (χ3n) is 2.85. The van der Waals surface area contributed by atoms with Gasteiger partial charge in [0, 0.05) is 24.3 Å². The van der Waals surface area contributed by atoms with Crippen molar-refractivity contribution in [1.82, 2.24) is 0 Å². The van der Waals surface area contributed by atoms with E-state index in [0.29, 0.717) is 0 Å². The Labute approximate surface area is 101 Å². The maximum absolute atomic E-state index is 5.57. The van der Waals surface area contributed by atoms with E-state index >= 15 is 0 Å². The van der Waals surface area contributed by atoms with E-state index in [-0.39, 0.29) is 6.79 Å². The van der Waals surface area contributed by atoms with E-state index < -0.39 is 0 Å². The molecule has 2 heteroatoms. The van der Waals surface area contributed by atoms with Gasteiger partial charge in [0.2, 0.25) is 6.79 Å². The minimum atomic E-state index is 0.224. The van der Waals surface area contributed by atoms with Gasteiger partial charge in [-0.15, -0.1) is 5.92 Å². The molecular weight excluding hydrogens is 212 g/mol. The second-order valence-corrected chi connectivity index (χ2v) is 3.88. The molecule has 0 saturated heterocycles. The van der Waals surface area contributed by atoms with Crippen molar-refractivity contribution in [1.29, 1.82) is 0 Å². The van der Waals surface area contributed by atoms with Gasteiger partial charge in [-0.25, -0.2) is 0 Å². The van der Waals surface area contributed by atoms with Crippen molar-refractivity contribution >= 4 is 0 Å². The molecule has 2 aromatic rings. The van der Waals surface area contributed by atoms with Crippen LogP contribution in [0.25, 0.3) is 0 Å². The van der Waals surface area contributed by atoms with Crippen molar-refractivity contribution < 1.29 is 9.47 Å². The summed E-state index contributed by atoms with van der Waals surface area (Å²) >= 11 is 0. The lowest BCUT2D eigenvalue weighted by molar-refractivity contribution is 0.116. The largest absolute Gasteiger partial charge is 0.419 e. The topological polar surface area (TPSA) is 18.5 Å². The van der Waals surface area contributed by atoms with E-state index in [2.05, 4.69) is 6.92 Å². The van der Waals surface area contributed by atoms with Crippen molar-refractivity contribution in [3.8, 4) is 11.5 Å². The predicted octanol–water partition coefficient (Wildman–Crippen LogP) is 3.22. The number of fused-ring (bicyclic) bond motifs is 2. The first-order valence-electron chi connectivity index (χ1n) is 5.49. The predicted molar refractivity (Wildman–Crippen MR) is 65.8 cm³/mol. The Bertz CT molecular complexity index is 486. The monoisotopic (exact) mass is 224 g/mol. The van der Waals surface area contributed by atoms with Crippen LogP contribution >= 0.6 is 0 Å². The van der Waals surface area contributed by atoms with Crippen LogP contribution in [0.15, 0.2) is 48.5 Å². The van der Waals surface area contributed by atoms with Gasteiger partial charge in [0.25, 0.3) is 0 Å². The van der Waals surface area contributed by atoms with Gasteiger partial charge in [-0.3, -0.25) is 6.92 Å². The fourth-order valence-electron chi connectivity index (χ4n) is 1.99. The summed E-state index contributed by atoms with van der Waals surface area (Å²) in [5.41, 5.74) is 2.03. The van der Waals surface area contributed by atoms with Crippen LogP contribution in [0.3, 0.4) is 0 Å². The van der Waals surface area contributed by atoms with Crippen molar-refractivity contribution in [3.63, 3.8) is 0 Å². The molecule has 0 radical (unpaired) electrons. The lowest BCUT2D eigenvalue weighted by Gasteiger charge is -2.21. The molecule has 1 aliphatic heterocycles. The second-order valence-electron chi connectivity index (χ2n) is 3.88. The molecule has 0 atom stereocenters. The van der Waals surface area contributed by atoms with Crippen LogP contribution in [0.1, 0.15) is 11.1 Å². The van der Waals surface area contributed by atoms with E-state index in [1.807, 2.05) is 48.5 Å². The molecule has 1 heterocycles. The highest BCUT2D eigenvalue weighted by molar-refractivity contribution is 5.58. The summed E-state index contributed by atoms with van der Waals surface area (Å²) in [6.45, 7) is 4.36. The van der Waals surface area contributed by atoms with Crippen LogP contribution in [-0.2, 0) is 0 Å². The number of hydrogen-bond acceptors (Lipinski definition) is 2. The summed E-state index contributed by atoms with van der Waals surface area (Å²) in [5.74, 6) is 2.55. The molecule has 0 amide bonds. The molecule has 0 aliphatic carbocycles. The first kappa shape index (κ1) is 10.1. The van der Waals surface area contributed by atoms with Crippen molar-refractivity contribution in [3.05, 3.63) is 72.5 Å². The third kappa shape index (κ3) is 1.72. The molecule has 0 saturated carbocycles. The number of hydrogen-bond donors (Lipinski definition) is 0. The minimum Gasteiger partial charge on any atom is -0.419 e. The summed E-state index contributed by atoms with van der Waals surface area (Å²) in [6, 6.07) is 15.7. The fraction of sp³-hybridized carbons (Fsp3) is 0.0667. The van der Waals surface area contributed by atoms with Crippen LogP contribution in [-0.4, -0.2) is 6.79 Å². The average Bonchev–Trinajstić information content (AvgIpc) is 2.37. The zero-order chi connectivity index (χ0) is 11.7. The Morgan fingerprint density at radius 1 is 0.824 bits per heavy atom. The molecule has 17 heavy (non-hydrogen) atoms. The van der Waals surface area contributed by atoms with Crippen molar-refractivity contribution in [2.24, 2.45) is 0 Å². The summed E-state index contributed by atoms with van der Waals surface area (Å²) in [7, 11) is 0. The Morgan fingerprint density at radius 2 is 1.29 bits per heavy atom. The second kappa shape index (κ2) is 4.06. The van der Waals surface area contributed by atoms with Crippen molar-refractivity contribution in [2.45, 2.75) is 0 Å². The van der Waals surface area contributed by atoms with E-state index in [9.17, 15) is 0 Å².